The second-order valence-electron chi connectivity index (χ2n) is 7.25. The van der Waals surface area contributed by atoms with Crippen molar-refractivity contribution < 1.29 is 33.4 Å². The summed E-state index contributed by atoms with van der Waals surface area (Å²) in [4.78, 5) is 64.8. The van der Waals surface area contributed by atoms with Gasteiger partial charge in [0.2, 0.25) is 0 Å². The number of ether oxygens (including phenoxy) is 2. The molecule has 1 aromatic carbocycles. The molecule has 9 nitrogen and oxygen atoms in total. The highest BCUT2D eigenvalue weighted by Crippen LogP contribution is 2.47. The number of fused-ring (bicyclic) bond motifs is 2. The van der Waals surface area contributed by atoms with Gasteiger partial charge in [-0.05, 0) is 19.1 Å². The molecular formula is C19H18N2O7S. The van der Waals surface area contributed by atoms with Gasteiger partial charge in [0, 0.05) is 12.7 Å². The van der Waals surface area contributed by atoms with Crippen LogP contribution in [0.4, 0.5) is 0 Å². The highest BCUT2D eigenvalue weighted by molar-refractivity contribution is 8.00. The minimum atomic E-state index is -1.29. The van der Waals surface area contributed by atoms with Gasteiger partial charge in [-0.3, -0.25) is 24.1 Å². The molecule has 0 spiro atoms. The van der Waals surface area contributed by atoms with Gasteiger partial charge in [-0.15, -0.1) is 11.8 Å². The summed E-state index contributed by atoms with van der Waals surface area (Å²) in [6.45, 7) is 2.78. The van der Waals surface area contributed by atoms with E-state index in [1.54, 1.807) is 31.2 Å². The molecule has 0 aliphatic carbocycles. The standard InChI is InChI=1S/C19H18N2O7S/c1-9(22)28-19(2)8-29-17-12(16(25)21(17)13(19)18(26)27-3)20-14(23)10-6-4-5-7-11(10)15(20)24/h4-7,12-13,17H,8H2,1-3H3/t12-,13+,17-,19-/m1/s1. The summed E-state index contributed by atoms with van der Waals surface area (Å²) in [5, 5.41) is -0.627. The van der Waals surface area contributed by atoms with Crippen LogP contribution in [-0.4, -0.2) is 75.4 Å². The van der Waals surface area contributed by atoms with Crippen molar-refractivity contribution in [3.63, 3.8) is 0 Å². The highest BCUT2D eigenvalue weighted by Gasteiger charge is 2.66. The predicted octanol–water partition coefficient (Wildman–Crippen LogP) is 0.430. The Hall–Kier alpha value is -2.88. The molecule has 2 saturated heterocycles. The van der Waals surface area contributed by atoms with Crippen molar-refractivity contribution >= 4 is 41.4 Å². The van der Waals surface area contributed by atoms with E-state index in [0.717, 1.165) is 4.90 Å². The lowest BCUT2D eigenvalue weighted by Gasteiger charge is -2.58. The molecule has 3 aliphatic rings. The molecule has 152 valence electrons. The van der Waals surface area contributed by atoms with Crippen LogP contribution < -0.4 is 0 Å². The lowest BCUT2D eigenvalue weighted by Crippen LogP contribution is -2.79. The van der Waals surface area contributed by atoms with Crippen molar-refractivity contribution in [3.8, 4) is 0 Å². The van der Waals surface area contributed by atoms with E-state index in [2.05, 4.69) is 0 Å². The van der Waals surface area contributed by atoms with Crippen LogP contribution in [0.15, 0.2) is 24.3 Å². The van der Waals surface area contributed by atoms with E-state index in [1.807, 2.05) is 0 Å². The van der Waals surface area contributed by atoms with E-state index in [4.69, 9.17) is 9.47 Å². The van der Waals surface area contributed by atoms with Gasteiger partial charge in [-0.25, -0.2) is 4.79 Å². The van der Waals surface area contributed by atoms with Crippen molar-refractivity contribution in [2.24, 2.45) is 0 Å². The summed E-state index contributed by atoms with van der Waals surface area (Å²) in [5.41, 5.74) is -0.791. The molecule has 3 amide bonds. The molecule has 4 atom stereocenters. The Labute approximate surface area is 170 Å². The molecule has 10 heteroatoms. The molecule has 29 heavy (non-hydrogen) atoms. The molecule has 0 aromatic heterocycles. The van der Waals surface area contributed by atoms with E-state index in [-0.39, 0.29) is 16.9 Å². The van der Waals surface area contributed by atoms with E-state index in [9.17, 15) is 24.0 Å². The fourth-order valence-electron chi connectivity index (χ4n) is 4.13. The maximum absolute atomic E-state index is 13.0. The monoisotopic (exact) mass is 418 g/mol. The van der Waals surface area contributed by atoms with Crippen LogP contribution in [0, 0.1) is 0 Å². The number of imide groups is 1. The van der Waals surface area contributed by atoms with Gasteiger partial charge in [0.15, 0.2) is 6.04 Å². The maximum atomic E-state index is 13.0. The first kappa shape index (κ1) is 19.4. The van der Waals surface area contributed by atoms with Crippen LogP contribution in [0.2, 0.25) is 0 Å². The first-order chi connectivity index (χ1) is 13.7. The Morgan fingerprint density at radius 3 is 2.24 bits per heavy atom. The summed E-state index contributed by atoms with van der Waals surface area (Å²) in [6.07, 6.45) is 0. The van der Waals surface area contributed by atoms with Crippen LogP contribution in [0.25, 0.3) is 0 Å². The van der Waals surface area contributed by atoms with Crippen molar-refractivity contribution in [2.75, 3.05) is 12.9 Å². The Balaban J connectivity index is 1.66. The first-order valence-corrected chi connectivity index (χ1v) is 9.94. The van der Waals surface area contributed by atoms with Gasteiger partial charge in [-0.2, -0.15) is 0 Å². The lowest BCUT2D eigenvalue weighted by molar-refractivity contribution is -0.187. The van der Waals surface area contributed by atoms with Crippen molar-refractivity contribution in [1.29, 1.82) is 0 Å². The smallest absolute Gasteiger partial charge is 0.332 e. The van der Waals surface area contributed by atoms with Gasteiger partial charge in [0.05, 0.1) is 18.2 Å². The lowest BCUT2D eigenvalue weighted by atomic mass is 9.90. The fraction of sp³-hybridized carbons (Fsp3) is 0.421. The molecule has 0 bridgehead atoms. The SMILES string of the molecule is COC(=O)[C@@H]1N2C(=O)[C@@H](N3C(=O)c4ccccc4C3=O)[C@H]2SC[C@@]1(C)OC(C)=O. The second kappa shape index (κ2) is 6.58. The van der Waals surface area contributed by atoms with Gasteiger partial charge in [0.1, 0.15) is 17.0 Å². The molecule has 0 saturated carbocycles. The number of hydrogen-bond acceptors (Lipinski definition) is 8. The topological polar surface area (TPSA) is 110 Å². The molecule has 0 unspecified atom stereocenters. The molecule has 0 radical (unpaired) electrons. The van der Waals surface area contributed by atoms with Crippen LogP contribution in [0.1, 0.15) is 34.6 Å². The van der Waals surface area contributed by atoms with Crippen molar-refractivity contribution in [2.45, 2.75) is 36.9 Å². The van der Waals surface area contributed by atoms with E-state index in [0.29, 0.717) is 0 Å². The molecule has 0 N–H and O–H groups in total. The highest BCUT2D eigenvalue weighted by atomic mass is 32.2. The summed E-state index contributed by atoms with van der Waals surface area (Å²) in [5.74, 6) is -2.76. The van der Waals surface area contributed by atoms with Crippen LogP contribution >= 0.6 is 11.8 Å². The zero-order chi connectivity index (χ0) is 21.1. The molecule has 1 aromatic rings. The molecule has 4 rings (SSSR count). The number of hydrogen-bond donors (Lipinski definition) is 0. The summed E-state index contributed by atoms with van der Waals surface area (Å²) in [6, 6.07) is 4.19. The zero-order valence-corrected chi connectivity index (χ0v) is 16.7. The number of nitrogens with zero attached hydrogens (tertiary/aromatic N) is 2. The van der Waals surface area contributed by atoms with Crippen molar-refractivity contribution in [1.82, 2.24) is 9.80 Å². The molecule has 3 aliphatic heterocycles. The number of carbonyl (C=O) groups excluding carboxylic acids is 5. The maximum Gasteiger partial charge on any atom is 0.332 e. The minimum Gasteiger partial charge on any atom is -0.467 e. The number of carbonyl (C=O) groups is 5. The summed E-state index contributed by atoms with van der Waals surface area (Å²) < 4.78 is 10.2. The minimum absolute atomic E-state index is 0.195. The average Bonchev–Trinajstić information content (AvgIpc) is 2.92. The normalized spacial score (nSPS) is 30.4. The van der Waals surface area contributed by atoms with Gasteiger partial charge in [-0.1, -0.05) is 12.1 Å². The number of methoxy groups -OCH3 is 1. The molecular weight excluding hydrogens is 400 g/mol. The van der Waals surface area contributed by atoms with Gasteiger partial charge in [0.25, 0.3) is 17.7 Å². The van der Waals surface area contributed by atoms with Crippen molar-refractivity contribution in [3.05, 3.63) is 35.4 Å². The number of benzene rings is 1. The molecule has 2 fully saturated rings. The van der Waals surface area contributed by atoms with Crippen LogP contribution in [-0.2, 0) is 23.9 Å². The Kier molecular flexibility index (Phi) is 4.41. The Bertz CT molecular complexity index is 929. The quantitative estimate of drug-likeness (QED) is 0.395. The Morgan fingerprint density at radius 2 is 1.72 bits per heavy atom. The zero-order valence-electron chi connectivity index (χ0n) is 15.9. The number of esters is 2. The Morgan fingerprint density at radius 1 is 1.14 bits per heavy atom. The summed E-state index contributed by atoms with van der Waals surface area (Å²) in [7, 11) is 1.18. The van der Waals surface area contributed by atoms with E-state index >= 15 is 0 Å². The number of β-lactam (4-membered cyclic amide) rings is 1. The van der Waals surface area contributed by atoms with Crippen LogP contribution in [0.3, 0.4) is 0 Å². The first-order valence-electron chi connectivity index (χ1n) is 8.89. The van der Waals surface area contributed by atoms with E-state index < -0.39 is 52.7 Å². The number of rotatable bonds is 3. The number of amides is 3. The largest absolute Gasteiger partial charge is 0.467 e. The van der Waals surface area contributed by atoms with E-state index in [1.165, 1.54) is 30.7 Å². The third-order valence-electron chi connectivity index (χ3n) is 5.35. The van der Waals surface area contributed by atoms with Gasteiger partial charge < -0.3 is 14.4 Å². The van der Waals surface area contributed by atoms with Gasteiger partial charge >= 0.3 is 11.9 Å². The number of thioether (sulfide) groups is 1. The fourth-order valence-corrected chi connectivity index (χ4v) is 5.65. The van der Waals surface area contributed by atoms with Crippen LogP contribution in [0.5, 0.6) is 0 Å². The average molecular weight is 418 g/mol. The summed E-state index contributed by atoms with van der Waals surface area (Å²) >= 11 is 1.25. The molecule has 3 heterocycles. The second-order valence-corrected chi connectivity index (χ2v) is 8.35. The predicted molar refractivity (Wildman–Crippen MR) is 99.8 cm³/mol. The third-order valence-corrected chi connectivity index (χ3v) is 6.92. The third kappa shape index (κ3) is 2.65.